The Bertz CT molecular complexity index is 1090. The molecule has 0 aliphatic carbocycles. The Kier molecular flexibility index (Phi) is 4.17. The minimum atomic E-state index is 0. The highest BCUT2D eigenvalue weighted by Gasteiger charge is 2.23. The standard InChI is InChI=1S/C21H17N2O2.BrH/c1-15-5-7-16(8-6-15)18-13-22-11-3-2-4-21(22)23(18)17-9-10-19-20(12-17)25-14-24-19;/h2-13H,14H2,1H3;1H/q+1;/p-1. The fourth-order valence-electron chi connectivity index (χ4n) is 3.28. The number of nitrogens with zero attached hydrogens (tertiary/aromatic N) is 2. The lowest BCUT2D eigenvalue weighted by Crippen LogP contribution is -3.00. The van der Waals surface area contributed by atoms with Gasteiger partial charge >= 0.3 is 0 Å². The van der Waals surface area contributed by atoms with Crippen molar-refractivity contribution in [3.8, 4) is 28.4 Å². The van der Waals surface area contributed by atoms with E-state index in [-0.39, 0.29) is 23.8 Å². The lowest BCUT2D eigenvalue weighted by Gasteiger charge is -2.04. The molecule has 0 amide bonds. The van der Waals surface area contributed by atoms with Crippen molar-refractivity contribution in [3.63, 3.8) is 0 Å². The van der Waals surface area contributed by atoms with Crippen molar-refractivity contribution in [1.29, 1.82) is 0 Å². The molecular formula is C21H17BrN2O2. The first-order chi connectivity index (χ1) is 12.3. The molecule has 4 nitrogen and oxygen atoms in total. The summed E-state index contributed by atoms with van der Waals surface area (Å²) in [6.45, 7) is 2.39. The number of aryl methyl sites for hydroxylation is 1. The predicted octanol–water partition coefficient (Wildman–Crippen LogP) is 0.924. The van der Waals surface area contributed by atoms with E-state index in [1.807, 2.05) is 18.2 Å². The van der Waals surface area contributed by atoms with Crippen molar-refractivity contribution in [3.05, 3.63) is 78.6 Å². The number of pyridine rings is 1. The average molecular weight is 409 g/mol. The summed E-state index contributed by atoms with van der Waals surface area (Å²) in [7, 11) is 0. The Morgan fingerprint density at radius 1 is 0.923 bits per heavy atom. The van der Waals surface area contributed by atoms with Gasteiger partial charge in [-0.05, 0) is 25.1 Å². The van der Waals surface area contributed by atoms with Crippen molar-refractivity contribution in [2.45, 2.75) is 6.92 Å². The van der Waals surface area contributed by atoms with Crippen LogP contribution in [-0.4, -0.2) is 11.4 Å². The molecule has 0 unspecified atom stereocenters. The van der Waals surface area contributed by atoms with Gasteiger partial charge in [-0.3, -0.25) is 0 Å². The zero-order valence-corrected chi connectivity index (χ0v) is 15.8. The Balaban J connectivity index is 0.00000168. The van der Waals surface area contributed by atoms with E-state index in [9.17, 15) is 0 Å². The van der Waals surface area contributed by atoms with E-state index in [0.29, 0.717) is 0 Å². The van der Waals surface area contributed by atoms with Crippen LogP contribution in [0.2, 0.25) is 0 Å². The van der Waals surface area contributed by atoms with Crippen LogP contribution in [-0.2, 0) is 0 Å². The van der Waals surface area contributed by atoms with Gasteiger partial charge in [0.1, 0.15) is 11.9 Å². The van der Waals surface area contributed by atoms with Gasteiger partial charge in [-0.2, -0.15) is 4.57 Å². The summed E-state index contributed by atoms with van der Waals surface area (Å²) in [5.41, 5.74) is 5.70. The smallest absolute Gasteiger partial charge is 0.291 e. The number of ether oxygens (including phenoxy) is 2. The summed E-state index contributed by atoms with van der Waals surface area (Å²) in [5, 5.41) is 0. The zero-order valence-electron chi connectivity index (χ0n) is 14.2. The van der Waals surface area contributed by atoms with Gasteiger partial charge in [-0.1, -0.05) is 35.9 Å². The maximum absolute atomic E-state index is 5.57. The molecule has 130 valence electrons. The number of hydrogen-bond acceptors (Lipinski definition) is 2. The second-order valence-corrected chi connectivity index (χ2v) is 6.22. The Hall–Kier alpha value is -2.79. The summed E-state index contributed by atoms with van der Waals surface area (Å²) in [5.74, 6) is 1.58. The van der Waals surface area contributed by atoms with E-state index in [0.717, 1.165) is 28.5 Å². The summed E-state index contributed by atoms with van der Waals surface area (Å²) in [4.78, 5) is 0. The molecular weight excluding hydrogens is 392 g/mol. The molecule has 2 aromatic heterocycles. The first kappa shape index (κ1) is 16.7. The molecule has 0 spiro atoms. The molecule has 3 heterocycles. The third-order valence-corrected chi connectivity index (χ3v) is 4.56. The predicted molar refractivity (Wildman–Crippen MR) is 95.2 cm³/mol. The molecule has 0 saturated heterocycles. The second kappa shape index (κ2) is 6.50. The number of imidazole rings is 1. The van der Waals surface area contributed by atoms with Crippen molar-refractivity contribution >= 4 is 5.65 Å². The van der Waals surface area contributed by atoms with Crippen molar-refractivity contribution in [1.82, 2.24) is 4.57 Å². The third kappa shape index (κ3) is 2.65. The van der Waals surface area contributed by atoms with Gasteiger partial charge in [-0.15, -0.1) is 0 Å². The summed E-state index contributed by atoms with van der Waals surface area (Å²) >= 11 is 0. The molecule has 0 atom stereocenters. The largest absolute Gasteiger partial charge is 1.00 e. The van der Waals surface area contributed by atoms with Gasteiger partial charge in [0, 0.05) is 17.7 Å². The number of rotatable bonds is 2. The molecule has 0 bridgehead atoms. The van der Waals surface area contributed by atoms with Crippen LogP contribution < -0.4 is 30.9 Å². The van der Waals surface area contributed by atoms with E-state index < -0.39 is 0 Å². The minimum absolute atomic E-state index is 0. The highest BCUT2D eigenvalue weighted by molar-refractivity contribution is 5.67. The average Bonchev–Trinajstić information content (AvgIpc) is 3.26. The molecule has 5 heteroatoms. The fraction of sp³-hybridized carbons (Fsp3) is 0.0952. The van der Waals surface area contributed by atoms with Gasteiger partial charge < -0.3 is 26.5 Å². The van der Waals surface area contributed by atoms with Gasteiger partial charge in [0.05, 0.1) is 6.20 Å². The minimum Gasteiger partial charge on any atom is -1.00 e. The lowest BCUT2D eigenvalue weighted by atomic mass is 10.1. The fourth-order valence-corrected chi connectivity index (χ4v) is 3.28. The van der Waals surface area contributed by atoms with E-state index in [4.69, 9.17) is 9.47 Å². The van der Waals surface area contributed by atoms with Gasteiger partial charge in [0.25, 0.3) is 5.65 Å². The molecule has 2 aromatic carbocycles. The normalized spacial score (nSPS) is 12.2. The summed E-state index contributed by atoms with van der Waals surface area (Å²) in [6.07, 6.45) is 4.22. The van der Waals surface area contributed by atoms with E-state index in [1.165, 1.54) is 11.1 Å². The molecule has 0 saturated carbocycles. The third-order valence-electron chi connectivity index (χ3n) is 4.56. The van der Waals surface area contributed by atoms with Crippen LogP contribution in [0.5, 0.6) is 11.5 Å². The molecule has 4 aromatic rings. The van der Waals surface area contributed by atoms with E-state index >= 15 is 0 Å². The number of fused-ring (bicyclic) bond motifs is 2. The number of benzene rings is 2. The number of halogens is 1. The van der Waals surface area contributed by atoms with Crippen LogP contribution >= 0.6 is 0 Å². The first-order valence-corrected chi connectivity index (χ1v) is 8.28. The van der Waals surface area contributed by atoms with Crippen LogP contribution in [0.4, 0.5) is 0 Å². The monoisotopic (exact) mass is 408 g/mol. The molecule has 1 aliphatic rings. The quantitative estimate of drug-likeness (QED) is 0.461. The van der Waals surface area contributed by atoms with Crippen LogP contribution in [0, 0.1) is 6.92 Å². The zero-order chi connectivity index (χ0) is 16.8. The maximum atomic E-state index is 5.57. The number of aromatic nitrogens is 2. The highest BCUT2D eigenvalue weighted by Crippen LogP contribution is 2.35. The van der Waals surface area contributed by atoms with Crippen LogP contribution in [0.1, 0.15) is 5.56 Å². The lowest BCUT2D eigenvalue weighted by molar-refractivity contribution is -0.510. The van der Waals surface area contributed by atoms with Crippen molar-refractivity contribution in [2.75, 3.05) is 6.79 Å². The van der Waals surface area contributed by atoms with Crippen molar-refractivity contribution < 1.29 is 30.9 Å². The molecule has 26 heavy (non-hydrogen) atoms. The van der Waals surface area contributed by atoms with Crippen LogP contribution in [0.3, 0.4) is 0 Å². The summed E-state index contributed by atoms with van der Waals surface area (Å²) in [6, 6.07) is 20.9. The molecule has 0 N–H and O–H groups in total. The van der Waals surface area contributed by atoms with Gasteiger partial charge in [0.2, 0.25) is 6.79 Å². The van der Waals surface area contributed by atoms with Crippen molar-refractivity contribution in [2.24, 2.45) is 0 Å². The molecule has 5 rings (SSSR count). The molecule has 1 aliphatic heterocycles. The second-order valence-electron chi connectivity index (χ2n) is 6.22. The van der Waals surface area contributed by atoms with Gasteiger partial charge in [0.15, 0.2) is 17.2 Å². The van der Waals surface area contributed by atoms with Gasteiger partial charge in [-0.25, -0.2) is 4.40 Å². The topological polar surface area (TPSA) is 27.5 Å². The number of hydrogen-bond donors (Lipinski definition) is 0. The Morgan fingerprint density at radius 2 is 1.73 bits per heavy atom. The van der Waals surface area contributed by atoms with Crippen LogP contribution in [0.15, 0.2) is 73.1 Å². The Labute approximate surface area is 162 Å². The highest BCUT2D eigenvalue weighted by atomic mass is 79.9. The summed E-state index contributed by atoms with van der Waals surface area (Å²) < 4.78 is 15.4. The molecule has 0 radical (unpaired) electrons. The van der Waals surface area contributed by atoms with E-state index in [2.05, 4.69) is 70.7 Å². The first-order valence-electron chi connectivity index (χ1n) is 8.28. The SMILES string of the molecule is Cc1ccc(-c2c[n+]3ccccc3n2-c2ccc3c(c2)OCO3)cc1.[Br-]. The van der Waals surface area contributed by atoms with Crippen LogP contribution in [0.25, 0.3) is 22.6 Å². The maximum Gasteiger partial charge on any atom is 0.291 e. The Morgan fingerprint density at radius 3 is 2.58 bits per heavy atom. The molecule has 0 fully saturated rings. The van der Waals surface area contributed by atoms with E-state index in [1.54, 1.807) is 0 Å².